The number of nitrogens with zero attached hydrogens (tertiary/aromatic N) is 2. The molecule has 0 saturated heterocycles. The van der Waals surface area contributed by atoms with Crippen LogP contribution in [0, 0.1) is 13.8 Å². The standard InChI is InChI=1S/C16H24N4S/c1-5-9-17-15-12(4)16(20-14(6-2)19-15)18-10-13-8-7-11(3)21-13/h7-8H,5-6,9-10H2,1-4H3,(H2,17,18,19,20). The molecule has 2 heterocycles. The highest BCUT2D eigenvalue weighted by atomic mass is 32.1. The molecular weight excluding hydrogens is 280 g/mol. The maximum absolute atomic E-state index is 4.62. The van der Waals surface area contributed by atoms with Crippen molar-refractivity contribution < 1.29 is 0 Å². The molecule has 0 saturated carbocycles. The summed E-state index contributed by atoms with van der Waals surface area (Å²) in [5, 5.41) is 6.84. The van der Waals surface area contributed by atoms with Crippen molar-refractivity contribution in [3.63, 3.8) is 0 Å². The molecule has 2 aromatic heterocycles. The largest absolute Gasteiger partial charge is 0.370 e. The first kappa shape index (κ1) is 15.8. The molecule has 0 radical (unpaired) electrons. The number of nitrogens with one attached hydrogen (secondary N) is 2. The van der Waals surface area contributed by atoms with E-state index in [-0.39, 0.29) is 0 Å². The molecule has 4 nitrogen and oxygen atoms in total. The van der Waals surface area contributed by atoms with E-state index in [2.05, 4.69) is 60.4 Å². The van der Waals surface area contributed by atoms with Crippen LogP contribution >= 0.6 is 11.3 Å². The van der Waals surface area contributed by atoms with Crippen LogP contribution in [0.2, 0.25) is 0 Å². The summed E-state index contributed by atoms with van der Waals surface area (Å²) in [6, 6.07) is 4.32. The van der Waals surface area contributed by atoms with E-state index < -0.39 is 0 Å². The minimum Gasteiger partial charge on any atom is -0.370 e. The van der Waals surface area contributed by atoms with Crippen LogP contribution in [0.4, 0.5) is 11.6 Å². The van der Waals surface area contributed by atoms with Crippen LogP contribution < -0.4 is 10.6 Å². The van der Waals surface area contributed by atoms with Gasteiger partial charge in [-0.1, -0.05) is 13.8 Å². The van der Waals surface area contributed by atoms with Crippen LogP contribution in [0.1, 0.15) is 41.4 Å². The molecule has 0 aliphatic heterocycles. The minimum absolute atomic E-state index is 0.812. The lowest BCUT2D eigenvalue weighted by atomic mass is 10.2. The van der Waals surface area contributed by atoms with Gasteiger partial charge in [-0.2, -0.15) is 0 Å². The van der Waals surface area contributed by atoms with E-state index in [1.165, 1.54) is 9.75 Å². The second-order valence-corrected chi connectivity index (χ2v) is 6.48. The Labute approximate surface area is 131 Å². The summed E-state index contributed by atoms with van der Waals surface area (Å²) >= 11 is 1.82. The summed E-state index contributed by atoms with van der Waals surface area (Å²) in [7, 11) is 0. The van der Waals surface area contributed by atoms with Gasteiger partial charge in [0.15, 0.2) is 0 Å². The summed E-state index contributed by atoms with van der Waals surface area (Å²) < 4.78 is 0. The second kappa shape index (κ2) is 7.41. The summed E-state index contributed by atoms with van der Waals surface area (Å²) in [5.41, 5.74) is 1.09. The molecule has 0 amide bonds. The molecule has 0 spiro atoms. The van der Waals surface area contributed by atoms with Crippen molar-refractivity contribution in [2.24, 2.45) is 0 Å². The van der Waals surface area contributed by atoms with E-state index in [9.17, 15) is 0 Å². The molecule has 0 aliphatic rings. The van der Waals surface area contributed by atoms with Gasteiger partial charge in [-0.3, -0.25) is 0 Å². The number of hydrogen-bond acceptors (Lipinski definition) is 5. The molecule has 0 aliphatic carbocycles. The van der Waals surface area contributed by atoms with Crippen LogP contribution in [0.3, 0.4) is 0 Å². The number of hydrogen-bond donors (Lipinski definition) is 2. The zero-order valence-corrected chi connectivity index (χ0v) is 14.1. The number of aromatic nitrogens is 2. The van der Waals surface area contributed by atoms with E-state index in [4.69, 9.17) is 0 Å². The summed E-state index contributed by atoms with van der Waals surface area (Å²) in [4.78, 5) is 11.9. The maximum Gasteiger partial charge on any atom is 0.135 e. The summed E-state index contributed by atoms with van der Waals surface area (Å²) in [6.07, 6.45) is 1.93. The third-order valence-corrected chi connectivity index (χ3v) is 4.28. The Balaban J connectivity index is 2.16. The number of aryl methyl sites for hydroxylation is 2. The first-order valence-electron chi connectivity index (χ1n) is 7.54. The smallest absolute Gasteiger partial charge is 0.135 e. The van der Waals surface area contributed by atoms with Crippen LogP contribution in [0.25, 0.3) is 0 Å². The average Bonchev–Trinajstić information content (AvgIpc) is 2.90. The van der Waals surface area contributed by atoms with Crippen LogP contribution in [-0.2, 0) is 13.0 Å². The Hall–Kier alpha value is -1.62. The Bertz CT molecular complexity index is 592. The molecule has 0 unspecified atom stereocenters. The van der Waals surface area contributed by atoms with Gasteiger partial charge in [-0.15, -0.1) is 11.3 Å². The fourth-order valence-electron chi connectivity index (χ4n) is 2.06. The first-order chi connectivity index (χ1) is 10.1. The Morgan fingerprint density at radius 3 is 2.33 bits per heavy atom. The molecule has 2 aromatic rings. The monoisotopic (exact) mass is 304 g/mol. The molecule has 21 heavy (non-hydrogen) atoms. The van der Waals surface area contributed by atoms with Crippen LogP contribution in [-0.4, -0.2) is 16.5 Å². The molecule has 2 rings (SSSR count). The predicted molar refractivity (Wildman–Crippen MR) is 91.3 cm³/mol. The van der Waals surface area contributed by atoms with Gasteiger partial charge in [-0.25, -0.2) is 9.97 Å². The fourth-order valence-corrected chi connectivity index (χ4v) is 2.89. The highest BCUT2D eigenvalue weighted by Gasteiger charge is 2.10. The molecular formula is C16H24N4S. The Kier molecular flexibility index (Phi) is 5.56. The molecule has 0 aromatic carbocycles. The van der Waals surface area contributed by atoms with Gasteiger partial charge in [0.05, 0.1) is 6.54 Å². The van der Waals surface area contributed by atoms with Crippen molar-refractivity contribution in [2.75, 3.05) is 17.2 Å². The quantitative estimate of drug-likeness (QED) is 0.806. The van der Waals surface area contributed by atoms with Gasteiger partial charge in [0, 0.05) is 28.3 Å². The van der Waals surface area contributed by atoms with Gasteiger partial charge in [0.2, 0.25) is 0 Å². The SMILES string of the molecule is CCCNc1nc(CC)nc(NCc2ccc(C)s2)c1C. The van der Waals surface area contributed by atoms with Crippen molar-refractivity contribution in [3.8, 4) is 0 Å². The third-order valence-electron chi connectivity index (χ3n) is 3.28. The number of rotatable bonds is 7. The highest BCUT2D eigenvalue weighted by molar-refractivity contribution is 7.11. The van der Waals surface area contributed by atoms with E-state index >= 15 is 0 Å². The van der Waals surface area contributed by atoms with E-state index in [1.54, 1.807) is 0 Å². The van der Waals surface area contributed by atoms with Crippen LogP contribution in [0.5, 0.6) is 0 Å². The highest BCUT2D eigenvalue weighted by Crippen LogP contribution is 2.22. The molecule has 2 N–H and O–H groups in total. The van der Waals surface area contributed by atoms with E-state index in [1.807, 2.05) is 11.3 Å². The van der Waals surface area contributed by atoms with E-state index in [0.29, 0.717) is 0 Å². The predicted octanol–water partition coefficient (Wildman–Crippen LogP) is 4.15. The van der Waals surface area contributed by atoms with Crippen molar-refractivity contribution in [1.82, 2.24) is 9.97 Å². The normalized spacial score (nSPS) is 10.7. The van der Waals surface area contributed by atoms with Crippen molar-refractivity contribution in [2.45, 2.75) is 47.1 Å². The zero-order valence-electron chi connectivity index (χ0n) is 13.3. The fraction of sp³-hybridized carbons (Fsp3) is 0.500. The topological polar surface area (TPSA) is 49.8 Å². The van der Waals surface area contributed by atoms with E-state index in [0.717, 1.165) is 49.0 Å². The number of anilines is 2. The Morgan fingerprint density at radius 1 is 1.05 bits per heavy atom. The minimum atomic E-state index is 0.812. The molecule has 5 heteroatoms. The molecule has 0 atom stereocenters. The molecule has 114 valence electrons. The van der Waals surface area contributed by atoms with Crippen molar-refractivity contribution in [1.29, 1.82) is 0 Å². The number of thiophene rings is 1. The van der Waals surface area contributed by atoms with Crippen molar-refractivity contribution in [3.05, 3.63) is 33.3 Å². The third kappa shape index (κ3) is 4.17. The lowest BCUT2D eigenvalue weighted by Gasteiger charge is -2.14. The van der Waals surface area contributed by atoms with Crippen molar-refractivity contribution >= 4 is 23.0 Å². The Morgan fingerprint density at radius 2 is 1.76 bits per heavy atom. The lowest BCUT2D eigenvalue weighted by molar-refractivity contribution is 0.904. The zero-order chi connectivity index (χ0) is 15.2. The summed E-state index contributed by atoms with van der Waals surface area (Å²) in [5.74, 6) is 2.77. The van der Waals surface area contributed by atoms with Crippen LogP contribution in [0.15, 0.2) is 12.1 Å². The average molecular weight is 304 g/mol. The van der Waals surface area contributed by atoms with Gasteiger partial charge >= 0.3 is 0 Å². The van der Waals surface area contributed by atoms with Gasteiger partial charge in [0.25, 0.3) is 0 Å². The second-order valence-electron chi connectivity index (χ2n) is 5.11. The van der Waals surface area contributed by atoms with Gasteiger partial charge in [-0.05, 0) is 32.4 Å². The van der Waals surface area contributed by atoms with Gasteiger partial charge in [0.1, 0.15) is 17.5 Å². The molecule has 0 fully saturated rings. The van der Waals surface area contributed by atoms with Gasteiger partial charge < -0.3 is 10.6 Å². The maximum atomic E-state index is 4.62. The summed E-state index contributed by atoms with van der Waals surface area (Å²) in [6.45, 7) is 10.2. The lowest BCUT2D eigenvalue weighted by Crippen LogP contribution is -2.11. The molecule has 0 bridgehead atoms. The first-order valence-corrected chi connectivity index (χ1v) is 8.36.